The Hall–Kier alpha value is -1.16. The summed E-state index contributed by atoms with van der Waals surface area (Å²) in [5.41, 5.74) is -0.0202. The van der Waals surface area contributed by atoms with Crippen LogP contribution in [0.1, 0.15) is 5.56 Å². The molecule has 68 valence electrons. The Morgan fingerprint density at radius 3 is 2.62 bits per heavy atom. The van der Waals surface area contributed by atoms with Crippen LogP contribution < -0.4 is 5.14 Å². The standard InChI is InChI=1S/C6H4ClN3O2S/c7-6-4(1-8)2-10-3-5(6)13(9,11)12/h2-3H,(H2,9,11,12). The fourth-order valence-electron chi connectivity index (χ4n) is 0.702. The highest BCUT2D eigenvalue weighted by atomic mass is 35.5. The van der Waals surface area contributed by atoms with Crippen LogP contribution in [0.4, 0.5) is 0 Å². The zero-order valence-corrected chi connectivity index (χ0v) is 7.80. The minimum Gasteiger partial charge on any atom is -0.262 e. The van der Waals surface area contributed by atoms with Crippen molar-refractivity contribution >= 4 is 21.6 Å². The van der Waals surface area contributed by atoms with Crippen LogP contribution in [0.2, 0.25) is 5.02 Å². The molecule has 0 aliphatic carbocycles. The van der Waals surface area contributed by atoms with E-state index in [0.29, 0.717) is 0 Å². The van der Waals surface area contributed by atoms with Crippen molar-refractivity contribution < 1.29 is 8.42 Å². The second kappa shape index (κ2) is 3.30. The van der Waals surface area contributed by atoms with E-state index in [1.165, 1.54) is 0 Å². The molecule has 0 spiro atoms. The Bertz CT molecular complexity index is 477. The summed E-state index contributed by atoms with van der Waals surface area (Å²) in [7, 11) is -3.91. The fraction of sp³-hybridized carbons (Fsp3) is 0. The minimum absolute atomic E-state index is 0.0202. The van der Waals surface area contributed by atoms with Crippen LogP contribution in [0.15, 0.2) is 17.3 Å². The SMILES string of the molecule is N#Cc1cncc(S(N)(=O)=O)c1Cl. The molecule has 1 heterocycles. The molecule has 0 radical (unpaired) electrons. The monoisotopic (exact) mass is 217 g/mol. The number of nitriles is 1. The van der Waals surface area contributed by atoms with Gasteiger partial charge < -0.3 is 0 Å². The Kier molecular flexibility index (Phi) is 2.52. The van der Waals surface area contributed by atoms with Crippen LogP contribution in [0.25, 0.3) is 0 Å². The number of hydrogen-bond donors (Lipinski definition) is 1. The average molecular weight is 218 g/mol. The summed E-state index contributed by atoms with van der Waals surface area (Å²) in [6.07, 6.45) is 2.16. The van der Waals surface area contributed by atoms with Crippen LogP contribution in [-0.2, 0) is 10.0 Å². The second-order valence-electron chi connectivity index (χ2n) is 2.16. The van der Waals surface area contributed by atoms with Crippen molar-refractivity contribution in [1.29, 1.82) is 5.26 Å². The molecule has 1 aromatic heterocycles. The lowest BCUT2D eigenvalue weighted by molar-refractivity contribution is 0.597. The number of nitrogens with two attached hydrogens (primary N) is 1. The Labute approximate surface area is 79.8 Å². The molecule has 2 N–H and O–H groups in total. The molecular formula is C6H4ClN3O2S. The Morgan fingerprint density at radius 2 is 2.15 bits per heavy atom. The lowest BCUT2D eigenvalue weighted by Crippen LogP contribution is -2.13. The highest BCUT2D eigenvalue weighted by Crippen LogP contribution is 2.21. The summed E-state index contributed by atoms with van der Waals surface area (Å²) in [4.78, 5) is 3.18. The molecule has 5 nitrogen and oxygen atoms in total. The van der Waals surface area contributed by atoms with Crippen molar-refractivity contribution in [2.24, 2.45) is 5.14 Å². The third kappa shape index (κ3) is 1.95. The molecule has 0 saturated carbocycles. The molecule has 0 aliphatic rings. The van der Waals surface area contributed by atoms with Crippen molar-refractivity contribution in [3.8, 4) is 6.07 Å². The zero-order valence-electron chi connectivity index (χ0n) is 6.23. The van der Waals surface area contributed by atoms with Gasteiger partial charge in [0.25, 0.3) is 0 Å². The van der Waals surface area contributed by atoms with Gasteiger partial charge in [-0.2, -0.15) is 5.26 Å². The molecule has 0 bridgehead atoms. The van der Waals surface area contributed by atoms with Gasteiger partial charge in [-0.3, -0.25) is 4.98 Å². The van der Waals surface area contributed by atoms with Crippen molar-refractivity contribution in [3.63, 3.8) is 0 Å². The van der Waals surface area contributed by atoms with E-state index in [2.05, 4.69) is 4.98 Å². The van der Waals surface area contributed by atoms with E-state index in [0.717, 1.165) is 12.4 Å². The van der Waals surface area contributed by atoms with Gasteiger partial charge in [-0.15, -0.1) is 0 Å². The first kappa shape index (κ1) is 9.92. The number of pyridine rings is 1. The summed E-state index contributed by atoms with van der Waals surface area (Å²) in [5, 5.41) is 13.1. The molecular weight excluding hydrogens is 214 g/mol. The molecule has 0 unspecified atom stereocenters. The van der Waals surface area contributed by atoms with Gasteiger partial charge in [0.15, 0.2) is 0 Å². The number of nitrogens with zero attached hydrogens (tertiary/aromatic N) is 2. The van der Waals surface area contributed by atoms with Gasteiger partial charge in [0.1, 0.15) is 11.0 Å². The van der Waals surface area contributed by atoms with Crippen LogP contribution in [0.3, 0.4) is 0 Å². The van der Waals surface area contributed by atoms with E-state index in [-0.39, 0.29) is 15.5 Å². The molecule has 0 atom stereocenters. The van der Waals surface area contributed by atoms with E-state index >= 15 is 0 Å². The van der Waals surface area contributed by atoms with Crippen LogP contribution >= 0.6 is 11.6 Å². The maximum Gasteiger partial charge on any atom is 0.241 e. The van der Waals surface area contributed by atoms with Gasteiger partial charge in [0.05, 0.1) is 10.6 Å². The molecule has 0 aliphatic heterocycles. The van der Waals surface area contributed by atoms with Gasteiger partial charge in [0.2, 0.25) is 10.0 Å². The molecule has 0 amide bonds. The third-order valence-corrected chi connectivity index (χ3v) is 2.72. The number of rotatable bonds is 1. The summed E-state index contributed by atoms with van der Waals surface area (Å²) >= 11 is 5.57. The predicted octanol–water partition coefficient (Wildman–Crippen LogP) is 0.254. The van der Waals surface area contributed by atoms with E-state index < -0.39 is 10.0 Å². The third-order valence-electron chi connectivity index (χ3n) is 1.28. The topological polar surface area (TPSA) is 96.8 Å². The van der Waals surface area contributed by atoms with Crippen molar-refractivity contribution in [2.45, 2.75) is 4.90 Å². The van der Waals surface area contributed by atoms with E-state index in [1.807, 2.05) is 0 Å². The molecule has 1 aromatic rings. The summed E-state index contributed by atoms with van der Waals surface area (Å²) < 4.78 is 21.7. The maximum atomic E-state index is 10.9. The fourth-order valence-corrected chi connectivity index (χ4v) is 1.73. The largest absolute Gasteiger partial charge is 0.262 e. The number of halogens is 1. The molecule has 1 rings (SSSR count). The van der Waals surface area contributed by atoms with Crippen LogP contribution in [-0.4, -0.2) is 13.4 Å². The first-order valence-corrected chi connectivity index (χ1v) is 4.95. The smallest absolute Gasteiger partial charge is 0.241 e. The van der Waals surface area contributed by atoms with Gasteiger partial charge in [-0.25, -0.2) is 13.6 Å². The van der Waals surface area contributed by atoms with Crippen molar-refractivity contribution in [3.05, 3.63) is 23.0 Å². The van der Waals surface area contributed by atoms with Gasteiger partial charge in [-0.05, 0) is 0 Å². The first-order valence-electron chi connectivity index (χ1n) is 3.03. The number of hydrogen-bond acceptors (Lipinski definition) is 4. The first-order chi connectivity index (χ1) is 5.96. The normalized spacial score (nSPS) is 10.8. The van der Waals surface area contributed by atoms with Gasteiger partial charge in [0, 0.05) is 12.4 Å². The highest BCUT2D eigenvalue weighted by Gasteiger charge is 2.15. The van der Waals surface area contributed by atoms with E-state index in [9.17, 15) is 8.42 Å². The van der Waals surface area contributed by atoms with Gasteiger partial charge >= 0.3 is 0 Å². The minimum atomic E-state index is -3.91. The summed E-state index contributed by atoms with van der Waals surface area (Å²) in [6, 6.07) is 1.69. The van der Waals surface area contributed by atoms with E-state index in [4.69, 9.17) is 22.0 Å². The lowest BCUT2D eigenvalue weighted by Gasteiger charge is -2.00. The van der Waals surface area contributed by atoms with Crippen LogP contribution in [0.5, 0.6) is 0 Å². The highest BCUT2D eigenvalue weighted by molar-refractivity contribution is 7.89. The average Bonchev–Trinajstić information content (AvgIpc) is 2.02. The Balaban J connectivity index is 3.53. The predicted molar refractivity (Wildman–Crippen MR) is 45.3 cm³/mol. The molecule has 7 heteroatoms. The number of primary sulfonamides is 1. The summed E-state index contributed by atoms with van der Waals surface area (Å²) in [5.74, 6) is 0. The van der Waals surface area contributed by atoms with Crippen molar-refractivity contribution in [2.75, 3.05) is 0 Å². The zero-order chi connectivity index (χ0) is 10.1. The van der Waals surface area contributed by atoms with E-state index in [1.54, 1.807) is 6.07 Å². The molecule has 0 saturated heterocycles. The molecule has 0 aromatic carbocycles. The lowest BCUT2D eigenvalue weighted by atomic mass is 10.3. The second-order valence-corrected chi connectivity index (χ2v) is 4.06. The molecule has 13 heavy (non-hydrogen) atoms. The van der Waals surface area contributed by atoms with Crippen molar-refractivity contribution in [1.82, 2.24) is 4.98 Å². The Morgan fingerprint density at radius 1 is 1.54 bits per heavy atom. The molecule has 0 fully saturated rings. The quantitative estimate of drug-likeness (QED) is 0.729. The number of sulfonamides is 1. The van der Waals surface area contributed by atoms with Gasteiger partial charge in [-0.1, -0.05) is 11.6 Å². The van der Waals surface area contributed by atoms with Crippen LogP contribution in [0, 0.1) is 11.3 Å². The maximum absolute atomic E-state index is 10.9. The number of aromatic nitrogens is 1. The summed E-state index contributed by atoms with van der Waals surface area (Å²) in [6.45, 7) is 0.